The SMILES string of the molecule is COc1cc(/C=C2\SC(Nc3ccccc3)N([C@@H]3CCCC[C@@H]3C)C2=O)ccc1OCc1cccc2ccccc12. The van der Waals surface area contributed by atoms with Crippen LogP contribution in [0.3, 0.4) is 0 Å². The summed E-state index contributed by atoms with van der Waals surface area (Å²) in [5.74, 6) is 1.89. The first kappa shape index (κ1) is 27.3. The van der Waals surface area contributed by atoms with Gasteiger partial charge < -0.3 is 19.7 Å². The molecule has 1 N–H and O–H groups in total. The molecule has 4 aromatic rings. The van der Waals surface area contributed by atoms with Gasteiger partial charge in [-0.3, -0.25) is 4.79 Å². The van der Waals surface area contributed by atoms with E-state index in [2.05, 4.69) is 59.6 Å². The van der Waals surface area contributed by atoms with Gasteiger partial charge >= 0.3 is 0 Å². The summed E-state index contributed by atoms with van der Waals surface area (Å²) in [4.78, 5) is 16.7. The predicted octanol–water partition coefficient (Wildman–Crippen LogP) is 8.32. The van der Waals surface area contributed by atoms with Gasteiger partial charge in [-0.25, -0.2) is 0 Å². The Kier molecular flexibility index (Phi) is 8.19. The van der Waals surface area contributed by atoms with Crippen molar-refractivity contribution in [2.45, 2.75) is 50.8 Å². The van der Waals surface area contributed by atoms with E-state index < -0.39 is 0 Å². The molecule has 1 saturated carbocycles. The van der Waals surface area contributed by atoms with Gasteiger partial charge in [0, 0.05) is 11.7 Å². The van der Waals surface area contributed by atoms with Crippen LogP contribution in [0.4, 0.5) is 5.69 Å². The highest BCUT2D eigenvalue weighted by atomic mass is 32.2. The first-order valence-corrected chi connectivity index (χ1v) is 15.3. The molecule has 0 aromatic heterocycles. The Morgan fingerprint density at radius 3 is 2.54 bits per heavy atom. The average Bonchev–Trinajstić information content (AvgIpc) is 3.30. The fourth-order valence-electron chi connectivity index (χ4n) is 5.99. The highest BCUT2D eigenvalue weighted by molar-refractivity contribution is 8.05. The van der Waals surface area contributed by atoms with E-state index in [1.807, 2.05) is 54.6 Å². The fraction of sp³-hybridized carbons (Fsp3) is 0.286. The van der Waals surface area contributed by atoms with E-state index >= 15 is 0 Å². The van der Waals surface area contributed by atoms with Crippen LogP contribution in [0.2, 0.25) is 0 Å². The monoisotopic (exact) mass is 564 g/mol. The number of hydrogen-bond donors (Lipinski definition) is 1. The molecule has 3 atom stereocenters. The maximum atomic E-state index is 13.9. The van der Waals surface area contributed by atoms with Crippen molar-refractivity contribution < 1.29 is 14.3 Å². The molecular weight excluding hydrogens is 528 g/mol. The summed E-state index contributed by atoms with van der Waals surface area (Å²) < 4.78 is 11.9. The molecule has 0 spiro atoms. The Labute approximate surface area is 246 Å². The molecule has 41 heavy (non-hydrogen) atoms. The molecular formula is C35H36N2O3S. The third kappa shape index (κ3) is 5.94. The van der Waals surface area contributed by atoms with E-state index in [-0.39, 0.29) is 17.4 Å². The standard InChI is InChI=1S/C35H36N2O3S/c1-24-11-6-9-18-30(24)37-34(38)33(41-35(37)36-28-15-4-3-5-16-28)22-25-19-20-31(32(21-25)39-2)40-23-27-14-10-13-26-12-7-8-17-29(26)27/h3-5,7-8,10,12-17,19-22,24,30,35-36H,6,9,11,18,23H2,1-2H3/b33-22-/t24-,30+,35?/m0/s1. The van der Waals surface area contributed by atoms with Crippen LogP contribution in [0.25, 0.3) is 16.8 Å². The zero-order valence-corrected chi connectivity index (χ0v) is 24.4. The van der Waals surface area contributed by atoms with Crippen LogP contribution in [-0.4, -0.2) is 29.5 Å². The molecule has 1 unspecified atom stereocenters. The van der Waals surface area contributed by atoms with Gasteiger partial charge in [-0.15, -0.1) is 0 Å². The van der Waals surface area contributed by atoms with Gasteiger partial charge in [-0.2, -0.15) is 0 Å². The van der Waals surface area contributed by atoms with Crippen LogP contribution < -0.4 is 14.8 Å². The Hall–Kier alpha value is -3.90. The van der Waals surface area contributed by atoms with Crippen molar-refractivity contribution in [2.24, 2.45) is 5.92 Å². The molecule has 1 heterocycles. The van der Waals surface area contributed by atoms with Crippen molar-refractivity contribution in [3.63, 3.8) is 0 Å². The number of ether oxygens (including phenoxy) is 2. The van der Waals surface area contributed by atoms with E-state index in [1.54, 1.807) is 18.9 Å². The van der Waals surface area contributed by atoms with Crippen LogP contribution in [0.1, 0.15) is 43.7 Å². The maximum absolute atomic E-state index is 13.9. The van der Waals surface area contributed by atoms with E-state index in [1.165, 1.54) is 17.2 Å². The summed E-state index contributed by atoms with van der Waals surface area (Å²) in [5.41, 5.74) is 2.90. The summed E-state index contributed by atoms with van der Waals surface area (Å²) >= 11 is 1.59. The van der Waals surface area contributed by atoms with Crippen LogP contribution >= 0.6 is 11.8 Å². The lowest BCUT2D eigenvalue weighted by molar-refractivity contribution is -0.129. The number of anilines is 1. The molecule has 210 valence electrons. The quantitative estimate of drug-likeness (QED) is 0.218. The van der Waals surface area contributed by atoms with Gasteiger partial charge in [-0.1, -0.05) is 98.3 Å². The zero-order valence-electron chi connectivity index (χ0n) is 23.6. The molecule has 6 rings (SSSR count). The smallest absolute Gasteiger partial charge is 0.262 e. The fourth-order valence-corrected chi connectivity index (χ4v) is 7.20. The number of nitrogens with one attached hydrogen (secondary N) is 1. The highest BCUT2D eigenvalue weighted by Gasteiger charge is 2.42. The summed E-state index contributed by atoms with van der Waals surface area (Å²) in [6.45, 7) is 2.72. The molecule has 1 aliphatic heterocycles. The summed E-state index contributed by atoms with van der Waals surface area (Å²) in [6.07, 6.45) is 6.59. The van der Waals surface area contributed by atoms with Gasteiger partial charge in [0.05, 0.1) is 12.0 Å². The highest BCUT2D eigenvalue weighted by Crippen LogP contribution is 2.42. The second-order valence-corrected chi connectivity index (χ2v) is 12.0. The van der Waals surface area contributed by atoms with E-state index in [0.29, 0.717) is 24.0 Å². The number of nitrogens with zero attached hydrogens (tertiary/aromatic N) is 1. The van der Waals surface area contributed by atoms with E-state index in [9.17, 15) is 4.79 Å². The molecule has 1 saturated heterocycles. The van der Waals surface area contributed by atoms with Crippen LogP contribution in [0.15, 0.2) is 95.9 Å². The van der Waals surface area contributed by atoms with Crippen molar-refractivity contribution in [1.82, 2.24) is 4.90 Å². The normalized spacial score (nSPS) is 21.8. The van der Waals surface area contributed by atoms with Gasteiger partial charge in [-0.05, 0) is 71.0 Å². The lowest BCUT2D eigenvalue weighted by Crippen LogP contribution is -2.48. The third-order valence-electron chi connectivity index (χ3n) is 8.17. The molecule has 6 heteroatoms. The van der Waals surface area contributed by atoms with Crippen molar-refractivity contribution in [3.05, 3.63) is 107 Å². The van der Waals surface area contributed by atoms with Gasteiger partial charge in [0.25, 0.3) is 5.91 Å². The van der Waals surface area contributed by atoms with E-state index in [0.717, 1.165) is 41.0 Å². The van der Waals surface area contributed by atoms with Crippen LogP contribution in [-0.2, 0) is 11.4 Å². The number of rotatable bonds is 8. The van der Waals surface area contributed by atoms with Gasteiger partial charge in [0.1, 0.15) is 6.61 Å². The first-order valence-electron chi connectivity index (χ1n) is 14.4. The number of fused-ring (bicyclic) bond motifs is 1. The lowest BCUT2D eigenvalue weighted by atomic mass is 9.85. The van der Waals surface area contributed by atoms with Gasteiger partial charge in [0.2, 0.25) is 0 Å². The van der Waals surface area contributed by atoms with Crippen LogP contribution in [0.5, 0.6) is 11.5 Å². The molecule has 5 nitrogen and oxygen atoms in total. The second kappa shape index (κ2) is 12.3. The lowest BCUT2D eigenvalue weighted by Gasteiger charge is -2.39. The van der Waals surface area contributed by atoms with E-state index in [4.69, 9.17) is 9.47 Å². The largest absolute Gasteiger partial charge is 0.493 e. The maximum Gasteiger partial charge on any atom is 0.262 e. The zero-order chi connectivity index (χ0) is 28.2. The summed E-state index contributed by atoms with van der Waals surface area (Å²) in [5, 5.41) is 5.99. The Bertz CT molecular complexity index is 1550. The number of thioether (sulfide) groups is 1. The molecule has 4 aromatic carbocycles. The molecule has 0 radical (unpaired) electrons. The Morgan fingerprint density at radius 1 is 0.927 bits per heavy atom. The third-order valence-corrected chi connectivity index (χ3v) is 9.29. The predicted molar refractivity (Wildman–Crippen MR) is 169 cm³/mol. The number of benzene rings is 4. The molecule has 1 aliphatic carbocycles. The number of carbonyl (C=O) groups is 1. The van der Waals surface area contributed by atoms with Crippen molar-refractivity contribution in [3.8, 4) is 11.5 Å². The summed E-state index contributed by atoms with van der Waals surface area (Å²) in [6, 6.07) is 30.8. The minimum Gasteiger partial charge on any atom is -0.493 e. The molecule has 1 amide bonds. The minimum atomic E-state index is -0.146. The number of carbonyl (C=O) groups excluding carboxylic acids is 1. The van der Waals surface area contributed by atoms with Crippen LogP contribution in [0, 0.1) is 5.92 Å². The van der Waals surface area contributed by atoms with Gasteiger partial charge in [0.15, 0.2) is 17.0 Å². The van der Waals surface area contributed by atoms with Crippen molar-refractivity contribution >= 4 is 40.2 Å². The molecule has 2 fully saturated rings. The Balaban J connectivity index is 1.24. The number of methoxy groups -OCH3 is 1. The number of amides is 1. The minimum absolute atomic E-state index is 0.0948. The van der Waals surface area contributed by atoms with Crippen molar-refractivity contribution in [2.75, 3.05) is 12.4 Å². The number of para-hydroxylation sites is 1. The first-order chi connectivity index (χ1) is 20.1. The summed E-state index contributed by atoms with van der Waals surface area (Å²) in [7, 11) is 1.65. The number of hydrogen-bond acceptors (Lipinski definition) is 5. The molecule has 0 bridgehead atoms. The van der Waals surface area contributed by atoms with Crippen molar-refractivity contribution in [1.29, 1.82) is 0 Å². The molecule has 2 aliphatic rings. The average molecular weight is 565 g/mol. The second-order valence-electron chi connectivity index (χ2n) is 10.9. The Morgan fingerprint density at radius 2 is 1.71 bits per heavy atom. The topological polar surface area (TPSA) is 50.8 Å².